The fourth-order valence-electron chi connectivity index (χ4n) is 3.67. The maximum atomic E-state index is 13.0. The van der Waals surface area contributed by atoms with Crippen LogP contribution in [0.1, 0.15) is 57.4 Å². The van der Waals surface area contributed by atoms with Gasteiger partial charge in [-0.25, -0.2) is 4.98 Å². The van der Waals surface area contributed by atoms with Crippen molar-refractivity contribution in [1.82, 2.24) is 14.9 Å². The molecule has 0 saturated carbocycles. The predicted molar refractivity (Wildman–Crippen MR) is 107 cm³/mol. The second-order valence-corrected chi connectivity index (χ2v) is 9.45. The SMILES string of the molecule is CCCCNC(=O)Cn1cnc2sc3c(c2c1=O)CCC(C(C)(C)C)C3. The van der Waals surface area contributed by atoms with E-state index in [-0.39, 0.29) is 23.4 Å². The molecule has 2 aromatic rings. The molecule has 6 heteroatoms. The zero-order valence-electron chi connectivity index (χ0n) is 16.2. The van der Waals surface area contributed by atoms with E-state index in [9.17, 15) is 9.59 Å². The molecule has 0 fully saturated rings. The molecule has 1 N–H and O–H groups in total. The Morgan fingerprint density at radius 2 is 2.19 bits per heavy atom. The monoisotopic (exact) mass is 375 g/mol. The van der Waals surface area contributed by atoms with E-state index in [1.807, 2.05) is 0 Å². The molecule has 1 atom stereocenters. The third kappa shape index (κ3) is 3.85. The number of nitrogens with zero attached hydrogens (tertiary/aromatic N) is 2. The summed E-state index contributed by atoms with van der Waals surface area (Å²) >= 11 is 1.65. The van der Waals surface area contributed by atoms with E-state index >= 15 is 0 Å². The molecule has 2 heterocycles. The van der Waals surface area contributed by atoms with Gasteiger partial charge in [-0.15, -0.1) is 11.3 Å². The molecule has 0 aromatic carbocycles. The van der Waals surface area contributed by atoms with Gasteiger partial charge in [0.25, 0.3) is 5.56 Å². The number of carbonyl (C=O) groups excluding carboxylic acids is 1. The Balaban J connectivity index is 1.86. The number of rotatable bonds is 5. The van der Waals surface area contributed by atoms with Crippen LogP contribution in [-0.4, -0.2) is 22.0 Å². The molecule has 26 heavy (non-hydrogen) atoms. The maximum absolute atomic E-state index is 13.0. The first-order valence-corrected chi connectivity index (χ1v) is 10.4. The summed E-state index contributed by atoms with van der Waals surface area (Å²) in [5.41, 5.74) is 1.37. The smallest absolute Gasteiger partial charge is 0.262 e. The Morgan fingerprint density at radius 3 is 2.88 bits per heavy atom. The van der Waals surface area contributed by atoms with Crippen LogP contribution < -0.4 is 10.9 Å². The van der Waals surface area contributed by atoms with Crippen molar-refractivity contribution in [3.05, 3.63) is 27.1 Å². The number of unbranched alkanes of at least 4 members (excludes halogenated alkanes) is 1. The van der Waals surface area contributed by atoms with Crippen LogP contribution in [0.5, 0.6) is 0 Å². The lowest BCUT2D eigenvalue weighted by Crippen LogP contribution is -2.33. The molecular formula is C20H29N3O2S. The van der Waals surface area contributed by atoms with Crippen molar-refractivity contribution in [2.24, 2.45) is 11.3 Å². The molecule has 1 aliphatic carbocycles. The minimum absolute atomic E-state index is 0.0424. The number of hydrogen-bond acceptors (Lipinski definition) is 4. The number of hydrogen-bond donors (Lipinski definition) is 1. The molecule has 1 unspecified atom stereocenters. The average Bonchev–Trinajstić information content (AvgIpc) is 2.95. The zero-order chi connectivity index (χ0) is 18.9. The van der Waals surface area contributed by atoms with Crippen LogP contribution in [0, 0.1) is 11.3 Å². The predicted octanol–water partition coefficient (Wildman–Crippen LogP) is 3.53. The fraction of sp³-hybridized carbons (Fsp3) is 0.650. The van der Waals surface area contributed by atoms with Crippen LogP contribution >= 0.6 is 11.3 Å². The number of fused-ring (bicyclic) bond motifs is 3. The molecule has 142 valence electrons. The lowest BCUT2D eigenvalue weighted by molar-refractivity contribution is -0.121. The Labute approximate surface area is 158 Å². The van der Waals surface area contributed by atoms with Crippen molar-refractivity contribution in [2.45, 2.75) is 66.3 Å². The minimum Gasteiger partial charge on any atom is -0.355 e. The van der Waals surface area contributed by atoms with Crippen LogP contribution in [0.25, 0.3) is 10.2 Å². The van der Waals surface area contributed by atoms with Gasteiger partial charge in [-0.2, -0.15) is 0 Å². The van der Waals surface area contributed by atoms with E-state index in [0.29, 0.717) is 12.5 Å². The lowest BCUT2D eigenvalue weighted by Gasteiger charge is -2.33. The molecule has 1 aliphatic rings. The van der Waals surface area contributed by atoms with Crippen LogP contribution in [0.4, 0.5) is 0 Å². The van der Waals surface area contributed by atoms with Crippen molar-refractivity contribution >= 4 is 27.5 Å². The summed E-state index contributed by atoms with van der Waals surface area (Å²) in [4.78, 5) is 31.6. The summed E-state index contributed by atoms with van der Waals surface area (Å²) in [6.07, 6.45) is 6.56. The van der Waals surface area contributed by atoms with Crippen LogP contribution in [0.15, 0.2) is 11.1 Å². The first-order valence-electron chi connectivity index (χ1n) is 9.57. The third-order valence-electron chi connectivity index (χ3n) is 5.43. The van der Waals surface area contributed by atoms with Crippen molar-refractivity contribution in [3.8, 4) is 0 Å². The summed E-state index contributed by atoms with van der Waals surface area (Å²) in [6.45, 7) is 9.65. The average molecular weight is 376 g/mol. The largest absolute Gasteiger partial charge is 0.355 e. The van der Waals surface area contributed by atoms with Gasteiger partial charge in [-0.05, 0) is 42.6 Å². The molecular weight excluding hydrogens is 346 g/mol. The first kappa shape index (κ1) is 19.1. The highest BCUT2D eigenvalue weighted by Crippen LogP contribution is 2.41. The Morgan fingerprint density at radius 1 is 1.42 bits per heavy atom. The number of nitrogens with one attached hydrogen (secondary N) is 1. The summed E-state index contributed by atoms with van der Waals surface area (Å²) in [5, 5.41) is 3.60. The summed E-state index contributed by atoms with van der Waals surface area (Å²) < 4.78 is 1.45. The highest BCUT2D eigenvalue weighted by Gasteiger charge is 2.31. The van der Waals surface area contributed by atoms with Gasteiger partial charge >= 0.3 is 0 Å². The van der Waals surface area contributed by atoms with E-state index in [2.05, 4.69) is 38.0 Å². The van der Waals surface area contributed by atoms with Gasteiger partial charge < -0.3 is 5.32 Å². The van der Waals surface area contributed by atoms with Crippen LogP contribution in [0.3, 0.4) is 0 Å². The van der Waals surface area contributed by atoms with Gasteiger partial charge in [0.15, 0.2) is 0 Å². The molecule has 3 rings (SSSR count). The minimum atomic E-state index is -0.126. The van der Waals surface area contributed by atoms with Crippen molar-refractivity contribution in [2.75, 3.05) is 6.54 Å². The van der Waals surface area contributed by atoms with E-state index in [1.165, 1.54) is 21.3 Å². The molecule has 2 aromatic heterocycles. The maximum Gasteiger partial charge on any atom is 0.262 e. The molecule has 0 radical (unpaired) electrons. The van der Waals surface area contributed by atoms with Gasteiger partial charge in [-0.3, -0.25) is 14.2 Å². The molecule has 0 bridgehead atoms. The number of aromatic nitrogens is 2. The number of aryl methyl sites for hydroxylation is 1. The Bertz CT molecular complexity index is 860. The highest BCUT2D eigenvalue weighted by molar-refractivity contribution is 7.18. The van der Waals surface area contributed by atoms with Gasteiger partial charge in [0, 0.05) is 11.4 Å². The van der Waals surface area contributed by atoms with E-state index < -0.39 is 0 Å². The normalized spacial score (nSPS) is 17.3. The topological polar surface area (TPSA) is 64.0 Å². The van der Waals surface area contributed by atoms with Gasteiger partial charge in [0.05, 0.1) is 11.7 Å². The van der Waals surface area contributed by atoms with E-state index in [4.69, 9.17) is 0 Å². The zero-order valence-corrected chi connectivity index (χ0v) is 17.0. The number of thiophene rings is 1. The third-order valence-corrected chi connectivity index (χ3v) is 6.59. The van der Waals surface area contributed by atoms with Gasteiger partial charge in [0.1, 0.15) is 11.4 Å². The lowest BCUT2D eigenvalue weighted by atomic mass is 9.72. The molecule has 0 spiro atoms. The summed E-state index contributed by atoms with van der Waals surface area (Å²) in [5.74, 6) is 0.508. The quantitative estimate of drug-likeness (QED) is 0.813. The van der Waals surface area contributed by atoms with Crippen LogP contribution in [-0.2, 0) is 24.2 Å². The van der Waals surface area contributed by atoms with Gasteiger partial charge in [-0.1, -0.05) is 34.1 Å². The van der Waals surface area contributed by atoms with Gasteiger partial charge in [0.2, 0.25) is 5.91 Å². The van der Waals surface area contributed by atoms with Crippen molar-refractivity contribution in [1.29, 1.82) is 0 Å². The molecule has 0 saturated heterocycles. The molecule has 1 amide bonds. The number of amides is 1. The van der Waals surface area contributed by atoms with E-state index in [1.54, 1.807) is 11.3 Å². The standard InChI is InChI=1S/C20H29N3O2S/c1-5-6-9-21-16(24)11-23-12-22-18-17(19(23)25)14-8-7-13(20(2,3)4)10-15(14)26-18/h12-13H,5-11H2,1-4H3,(H,21,24). The van der Waals surface area contributed by atoms with Crippen molar-refractivity contribution < 1.29 is 4.79 Å². The first-order chi connectivity index (χ1) is 12.3. The highest BCUT2D eigenvalue weighted by atomic mass is 32.1. The molecule has 5 nitrogen and oxygen atoms in total. The molecule has 0 aliphatic heterocycles. The van der Waals surface area contributed by atoms with Crippen molar-refractivity contribution in [3.63, 3.8) is 0 Å². The number of carbonyl (C=O) groups is 1. The summed E-state index contributed by atoms with van der Waals surface area (Å²) in [7, 11) is 0. The summed E-state index contributed by atoms with van der Waals surface area (Å²) in [6, 6.07) is 0. The van der Waals surface area contributed by atoms with E-state index in [0.717, 1.165) is 42.3 Å². The Kier molecular flexibility index (Phi) is 5.51. The second-order valence-electron chi connectivity index (χ2n) is 8.37. The van der Waals surface area contributed by atoms with Crippen LogP contribution in [0.2, 0.25) is 0 Å². The fourth-order valence-corrected chi connectivity index (χ4v) is 4.93. The Hall–Kier alpha value is -1.69. The second kappa shape index (κ2) is 7.51.